The second-order valence-electron chi connectivity index (χ2n) is 5.29. The van der Waals surface area contributed by atoms with Crippen molar-refractivity contribution < 1.29 is 0 Å². The van der Waals surface area contributed by atoms with E-state index < -0.39 is 0 Å². The molecule has 0 aliphatic heterocycles. The number of nitrogens with two attached hydrogens (primary N) is 1. The third kappa shape index (κ3) is 3.16. The molecule has 4 heteroatoms. The van der Waals surface area contributed by atoms with Gasteiger partial charge in [0, 0.05) is 16.5 Å². The third-order valence-corrected chi connectivity index (χ3v) is 3.51. The second-order valence-corrected chi connectivity index (χ2v) is 5.73. The van der Waals surface area contributed by atoms with Crippen molar-refractivity contribution in [1.82, 2.24) is 5.32 Å². The van der Waals surface area contributed by atoms with Gasteiger partial charge in [-0.05, 0) is 44.4 Å². The third-order valence-electron chi connectivity index (χ3n) is 3.28. The molecule has 0 saturated heterocycles. The summed E-state index contributed by atoms with van der Waals surface area (Å²) in [6.07, 6.45) is 2.32. The van der Waals surface area contributed by atoms with Crippen molar-refractivity contribution in [3.63, 3.8) is 0 Å². The maximum Gasteiger partial charge on any atom is 0.188 e. The first kappa shape index (κ1) is 13.2. The first-order valence-corrected chi connectivity index (χ1v) is 6.72. The monoisotopic (exact) mass is 265 g/mol. The molecule has 0 unspecified atom stereocenters. The van der Waals surface area contributed by atoms with Crippen LogP contribution in [0.4, 0.5) is 0 Å². The van der Waals surface area contributed by atoms with Gasteiger partial charge in [0.1, 0.15) is 0 Å². The van der Waals surface area contributed by atoms with E-state index in [-0.39, 0.29) is 5.41 Å². The van der Waals surface area contributed by atoms with Gasteiger partial charge in [0.15, 0.2) is 5.96 Å². The average Bonchev–Trinajstić information content (AvgIpc) is 3.06. The molecule has 0 amide bonds. The molecule has 3 N–H and O–H groups in total. The fourth-order valence-electron chi connectivity index (χ4n) is 2.09. The van der Waals surface area contributed by atoms with E-state index in [9.17, 15) is 0 Å². The highest BCUT2D eigenvalue weighted by Crippen LogP contribution is 2.48. The second kappa shape index (κ2) is 5.19. The Balaban J connectivity index is 2.05. The van der Waals surface area contributed by atoms with Crippen molar-refractivity contribution in [3.8, 4) is 0 Å². The SMILES string of the molecule is CC(C)NC(N)=NCC1(c2cccc(Cl)c2)CC1. The van der Waals surface area contributed by atoms with Crippen LogP contribution in [0.15, 0.2) is 29.3 Å². The van der Waals surface area contributed by atoms with E-state index in [1.165, 1.54) is 5.56 Å². The van der Waals surface area contributed by atoms with Crippen molar-refractivity contribution in [2.75, 3.05) is 6.54 Å². The predicted octanol–water partition coefficient (Wildman–Crippen LogP) is 2.68. The van der Waals surface area contributed by atoms with Crippen LogP contribution in [-0.4, -0.2) is 18.5 Å². The Kier molecular flexibility index (Phi) is 3.81. The molecule has 2 rings (SSSR count). The first-order valence-electron chi connectivity index (χ1n) is 6.34. The van der Waals surface area contributed by atoms with Gasteiger partial charge in [-0.3, -0.25) is 4.99 Å². The largest absolute Gasteiger partial charge is 0.370 e. The van der Waals surface area contributed by atoms with E-state index in [1.807, 2.05) is 32.0 Å². The summed E-state index contributed by atoms with van der Waals surface area (Å²) in [6, 6.07) is 8.38. The molecule has 3 nitrogen and oxygen atoms in total. The summed E-state index contributed by atoms with van der Waals surface area (Å²) >= 11 is 6.04. The lowest BCUT2D eigenvalue weighted by Gasteiger charge is -2.15. The predicted molar refractivity (Wildman–Crippen MR) is 77.1 cm³/mol. The Morgan fingerprint density at radius 2 is 2.22 bits per heavy atom. The number of nitrogens with one attached hydrogen (secondary N) is 1. The van der Waals surface area contributed by atoms with Gasteiger partial charge in [0.25, 0.3) is 0 Å². The lowest BCUT2D eigenvalue weighted by Crippen LogP contribution is -2.37. The lowest BCUT2D eigenvalue weighted by atomic mass is 9.96. The van der Waals surface area contributed by atoms with Crippen LogP contribution in [0.5, 0.6) is 0 Å². The van der Waals surface area contributed by atoms with Gasteiger partial charge >= 0.3 is 0 Å². The molecular formula is C14H20ClN3. The minimum atomic E-state index is 0.161. The number of hydrogen-bond donors (Lipinski definition) is 2. The van der Waals surface area contributed by atoms with E-state index >= 15 is 0 Å². The molecular weight excluding hydrogens is 246 g/mol. The highest BCUT2D eigenvalue weighted by Gasteiger charge is 2.44. The number of halogens is 1. The van der Waals surface area contributed by atoms with Crippen LogP contribution in [0, 0.1) is 0 Å². The summed E-state index contributed by atoms with van der Waals surface area (Å²) in [5.74, 6) is 0.526. The van der Waals surface area contributed by atoms with E-state index in [4.69, 9.17) is 17.3 Å². The highest BCUT2D eigenvalue weighted by molar-refractivity contribution is 6.30. The van der Waals surface area contributed by atoms with Crippen molar-refractivity contribution in [3.05, 3.63) is 34.9 Å². The molecule has 0 spiro atoms. The van der Waals surface area contributed by atoms with E-state index in [0.717, 1.165) is 24.4 Å². The molecule has 0 heterocycles. The molecule has 1 aliphatic carbocycles. The van der Waals surface area contributed by atoms with Gasteiger partial charge in [-0.15, -0.1) is 0 Å². The zero-order valence-electron chi connectivity index (χ0n) is 10.9. The summed E-state index contributed by atoms with van der Waals surface area (Å²) < 4.78 is 0. The Bertz CT molecular complexity index is 450. The van der Waals surface area contributed by atoms with Crippen LogP contribution in [0.2, 0.25) is 5.02 Å². The molecule has 98 valence electrons. The standard InChI is InChI=1S/C14H20ClN3/c1-10(2)18-13(16)17-9-14(6-7-14)11-4-3-5-12(15)8-11/h3-5,8,10H,6-7,9H2,1-2H3,(H3,16,17,18). The van der Waals surface area contributed by atoms with E-state index in [0.29, 0.717) is 12.0 Å². The fraction of sp³-hybridized carbons (Fsp3) is 0.500. The molecule has 1 aliphatic rings. The van der Waals surface area contributed by atoms with Crippen molar-refractivity contribution in [1.29, 1.82) is 0 Å². The van der Waals surface area contributed by atoms with Crippen LogP contribution in [-0.2, 0) is 5.41 Å². The van der Waals surface area contributed by atoms with Crippen molar-refractivity contribution in [2.45, 2.75) is 38.1 Å². The number of hydrogen-bond acceptors (Lipinski definition) is 1. The van der Waals surface area contributed by atoms with Crippen molar-refractivity contribution in [2.24, 2.45) is 10.7 Å². The van der Waals surface area contributed by atoms with Crippen LogP contribution in [0.3, 0.4) is 0 Å². The molecule has 0 bridgehead atoms. The number of aliphatic imine (C=N–C) groups is 1. The van der Waals surface area contributed by atoms with Gasteiger partial charge in [-0.25, -0.2) is 0 Å². The normalized spacial score (nSPS) is 17.9. The summed E-state index contributed by atoms with van der Waals surface area (Å²) in [5.41, 5.74) is 7.27. The minimum absolute atomic E-state index is 0.161. The van der Waals surface area contributed by atoms with Crippen LogP contribution >= 0.6 is 11.6 Å². The zero-order valence-corrected chi connectivity index (χ0v) is 11.7. The topological polar surface area (TPSA) is 50.4 Å². The van der Waals surface area contributed by atoms with Crippen LogP contribution < -0.4 is 11.1 Å². The molecule has 0 radical (unpaired) electrons. The smallest absolute Gasteiger partial charge is 0.188 e. The number of benzene rings is 1. The van der Waals surface area contributed by atoms with Gasteiger partial charge in [0.2, 0.25) is 0 Å². The minimum Gasteiger partial charge on any atom is -0.370 e. The van der Waals surface area contributed by atoms with Gasteiger partial charge < -0.3 is 11.1 Å². The maximum absolute atomic E-state index is 6.04. The van der Waals surface area contributed by atoms with Crippen molar-refractivity contribution >= 4 is 17.6 Å². The molecule has 1 aromatic rings. The maximum atomic E-state index is 6.04. The Morgan fingerprint density at radius 3 is 2.78 bits per heavy atom. The molecule has 18 heavy (non-hydrogen) atoms. The molecule has 0 atom stereocenters. The summed E-state index contributed by atoms with van der Waals surface area (Å²) in [4.78, 5) is 4.44. The Morgan fingerprint density at radius 1 is 1.50 bits per heavy atom. The van der Waals surface area contributed by atoms with Gasteiger partial charge in [-0.2, -0.15) is 0 Å². The molecule has 1 aromatic carbocycles. The lowest BCUT2D eigenvalue weighted by molar-refractivity contribution is 0.684. The summed E-state index contributed by atoms with van der Waals surface area (Å²) in [6.45, 7) is 4.83. The quantitative estimate of drug-likeness (QED) is 0.650. The first-order chi connectivity index (χ1) is 8.52. The van der Waals surface area contributed by atoms with Crippen LogP contribution in [0.25, 0.3) is 0 Å². The molecule has 1 fully saturated rings. The average molecular weight is 266 g/mol. The Hall–Kier alpha value is -1.22. The number of nitrogens with zero attached hydrogens (tertiary/aromatic N) is 1. The summed E-state index contributed by atoms with van der Waals surface area (Å²) in [5, 5.41) is 3.90. The highest BCUT2D eigenvalue weighted by atomic mass is 35.5. The number of guanidine groups is 1. The van der Waals surface area contributed by atoms with Gasteiger partial charge in [0.05, 0.1) is 6.54 Å². The summed E-state index contributed by atoms with van der Waals surface area (Å²) in [7, 11) is 0. The fourth-order valence-corrected chi connectivity index (χ4v) is 2.28. The molecule has 0 aromatic heterocycles. The van der Waals surface area contributed by atoms with E-state index in [1.54, 1.807) is 0 Å². The zero-order chi connectivity index (χ0) is 13.2. The number of rotatable bonds is 4. The van der Waals surface area contributed by atoms with E-state index in [2.05, 4.69) is 16.4 Å². The van der Waals surface area contributed by atoms with Gasteiger partial charge in [-0.1, -0.05) is 23.7 Å². The molecule has 1 saturated carbocycles. The Labute approximate surface area is 113 Å². The van der Waals surface area contributed by atoms with Crippen LogP contribution in [0.1, 0.15) is 32.3 Å².